The zero-order valence-corrected chi connectivity index (χ0v) is 14.4. The molecular weight excluding hydrogens is 310 g/mol. The van der Waals surface area contributed by atoms with Gasteiger partial charge in [-0.05, 0) is 37.1 Å². The van der Waals surface area contributed by atoms with Gasteiger partial charge in [-0.1, -0.05) is 12.1 Å². The van der Waals surface area contributed by atoms with E-state index in [-0.39, 0.29) is 12.5 Å². The van der Waals surface area contributed by atoms with Crippen LogP contribution in [0.3, 0.4) is 0 Å². The van der Waals surface area contributed by atoms with Crippen LogP contribution in [0.15, 0.2) is 24.3 Å². The second kappa shape index (κ2) is 6.93. The predicted octanol–water partition coefficient (Wildman–Crippen LogP) is 2.13. The van der Waals surface area contributed by atoms with Crippen molar-refractivity contribution in [1.82, 2.24) is 14.5 Å². The summed E-state index contributed by atoms with van der Waals surface area (Å²) in [5, 5.41) is 10.0. The van der Waals surface area contributed by atoms with Crippen molar-refractivity contribution in [2.45, 2.75) is 31.2 Å². The molecule has 2 aromatic rings. The summed E-state index contributed by atoms with van der Waals surface area (Å²) >= 11 is 1.69. The molecule has 1 aliphatic carbocycles. The van der Waals surface area contributed by atoms with Gasteiger partial charge in [-0.25, -0.2) is 4.98 Å². The standard InChI is InChI=1S/C17H23N3O2S/c1-19(9-15(21)12-7-8-12)17(22)10-20-14-6-4-3-5-13(14)18-16(20)11-23-2/h3-6,12,15,21H,7-11H2,1-2H3. The minimum Gasteiger partial charge on any atom is -0.391 e. The van der Waals surface area contributed by atoms with Crippen molar-refractivity contribution in [2.75, 3.05) is 19.8 Å². The molecule has 0 spiro atoms. The Morgan fingerprint density at radius 1 is 1.48 bits per heavy atom. The average molecular weight is 333 g/mol. The van der Waals surface area contributed by atoms with Crippen molar-refractivity contribution in [3.63, 3.8) is 0 Å². The van der Waals surface area contributed by atoms with Gasteiger partial charge in [0.1, 0.15) is 12.4 Å². The largest absolute Gasteiger partial charge is 0.391 e. The maximum atomic E-state index is 12.5. The van der Waals surface area contributed by atoms with Gasteiger partial charge in [0.2, 0.25) is 5.91 Å². The number of aromatic nitrogens is 2. The molecule has 1 saturated carbocycles. The lowest BCUT2D eigenvalue weighted by Gasteiger charge is -2.21. The highest BCUT2D eigenvalue weighted by Crippen LogP contribution is 2.32. The minimum absolute atomic E-state index is 0.00945. The molecule has 1 aromatic heterocycles. The topological polar surface area (TPSA) is 58.4 Å². The van der Waals surface area contributed by atoms with E-state index in [2.05, 4.69) is 4.98 Å². The number of likely N-dealkylation sites (N-methyl/N-ethyl adjacent to an activating group) is 1. The van der Waals surface area contributed by atoms with E-state index in [1.807, 2.05) is 35.1 Å². The summed E-state index contributed by atoms with van der Waals surface area (Å²) in [6, 6.07) is 7.90. The van der Waals surface area contributed by atoms with Crippen molar-refractivity contribution in [3.05, 3.63) is 30.1 Å². The highest BCUT2D eigenvalue weighted by Gasteiger charge is 2.31. The van der Waals surface area contributed by atoms with Gasteiger partial charge in [0.25, 0.3) is 0 Å². The summed E-state index contributed by atoms with van der Waals surface area (Å²) < 4.78 is 1.99. The number of rotatable bonds is 7. The van der Waals surface area contributed by atoms with Crippen LogP contribution in [0.2, 0.25) is 0 Å². The summed E-state index contributed by atoms with van der Waals surface area (Å²) in [5.74, 6) is 2.08. The van der Waals surface area contributed by atoms with Gasteiger partial charge in [-0.2, -0.15) is 11.8 Å². The van der Waals surface area contributed by atoms with Crippen LogP contribution in [0.1, 0.15) is 18.7 Å². The van der Waals surface area contributed by atoms with E-state index in [0.29, 0.717) is 12.5 Å². The van der Waals surface area contributed by atoms with Gasteiger partial charge in [-0.3, -0.25) is 4.79 Å². The second-order valence-electron chi connectivity index (χ2n) is 6.21. The number of carbonyl (C=O) groups excluding carboxylic acids is 1. The molecule has 3 rings (SSSR count). The summed E-state index contributed by atoms with van der Waals surface area (Å²) in [7, 11) is 1.77. The molecule has 0 aliphatic heterocycles. The van der Waals surface area contributed by atoms with Crippen LogP contribution in [0.25, 0.3) is 11.0 Å². The molecule has 5 nitrogen and oxygen atoms in total. The number of fused-ring (bicyclic) bond motifs is 1. The molecule has 1 heterocycles. The number of amides is 1. The molecule has 0 radical (unpaired) electrons. The molecular formula is C17H23N3O2S. The van der Waals surface area contributed by atoms with Gasteiger partial charge in [-0.15, -0.1) is 0 Å². The Bertz CT molecular complexity index is 696. The first-order valence-electron chi connectivity index (χ1n) is 7.95. The maximum absolute atomic E-state index is 12.5. The fourth-order valence-electron chi connectivity index (χ4n) is 2.81. The summed E-state index contributed by atoms with van der Waals surface area (Å²) in [6.07, 6.45) is 3.79. The molecule has 6 heteroatoms. The molecule has 1 aromatic carbocycles. The molecule has 1 fully saturated rings. The number of aliphatic hydroxyl groups is 1. The van der Waals surface area contributed by atoms with Gasteiger partial charge < -0.3 is 14.6 Å². The first-order chi connectivity index (χ1) is 11.1. The Morgan fingerprint density at radius 3 is 2.91 bits per heavy atom. The van der Waals surface area contributed by atoms with Crippen molar-refractivity contribution in [3.8, 4) is 0 Å². The number of benzene rings is 1. The molecule has 1 unspecified atom stereocenters. The van der Waals surface area contributed by atoms with E-state index in [4.69, 9.17) is 0 Å². The summed E-state index contributed by atoms with van der Waals surface area (Å²) in [4.78, 5) is 18.8. The number of hydrogen-bond acceptors (Lipinski definition) is 4. The predicted molar refractivity (Wildman–Crippen MR) is 93.3 cm³/mol. The number of hydrogen-bond donors (Lipinski definition) is 1. The fourth-order valence-corrected chi connectivity index (χ4v) is 3.29. The fraction of sp³-hybridized carbons (Fsp3) is 0.529. The Balaban J connectivity index is 1.76. The zero-order chi connectivity index (χ0) is 16.4. The maximum Gasteiger partial charge on any atom is 0.242 e. The van der Waals surface area contributed by atoms with Gasteiger partial charge >= 0.3 is 0 Å². The van der Waals surface area contributed by atoms with Crippen molar-refractivity contribution in [2.24, 2.45) is 5.92 Å². The smallest absolute Gasteiger partial charge is 0.242 e. The lowest BCUT2D eigenvalue weighted by atomic mass is 10.2. The minimum atomic E-state index is -0.394. The molecule has 1 amide bonds. The van der Waals surface area contributed by atoms with E-state index in [0.717, 1.165) is 35.5 Å². The van der Waals surface area contributed by atoms with E-state index >= 15 is 0 Å². The van der Waals surface area contributed by atoms with Crippen LogP contribution in [0.5, 0.6) is 0 Å². The highest BCUT2D eigenvalue weighted by molar-refractivity contribution is 7.97. The number of carbonyl (C=O) groups is 1. The Kier molecular flexibility index (Phi) is 4.92. The Morgan fingerprint density at radius 2 is 2.22 bits per heavy atom. The lowest BCUT2D eigenvalue weighted by molar-refractivity contribution is -0.131. The molecule has 1 N–H and O–H groups in total. The summed E-state index contributed by atoms with van der Waals surface area (Å²) in [6.45, 7) is 0.679. The molecule has 124 valence electrons. The normalized spacial score (nSPS) is 15.8. The van der Waals surface area contributed by atoms with E-state index < -0.39 is 6.10 Å². The van der Waals surface area contributed by atoms with Crippen LogP contribution in [-0.4, -0.2) is 51.4 Å². The molecule has 0 bridgehead atoms. The number of imidazole rings is 1. The van der Waals surface area contributed by atoms with Gasteiger partial charge in [0, 0.05) is 13.6 Å². The van der Waals surface area contributed by atoms with Crippen LogP contribution in [0.4, 0.5) is 0 Å². The SMILES string of the molecule is CSCc1nc2ccccc2n1CC(=O)N(C)CC(O)C1CC1. The van der Waals surface area contributed by atoms with Crippen molar-refractivity contribution < 1.29 is 9.90 Å². The molecule has 0 saturated heterocycles. The first kappa shape index (κ1) is 16.3. The third-order valence-electron chi connectivity index (χ3n) is 4.35. The zero-order valence-electron chi connectivity index (χ0n) is 13.6. The van der Waals surface area contributed by atoms with Gasteiger partial charge in [0.05, 0.1) is 22.9 Å². The van der Waals surface area contributed by atoms with Crippen LogP contribution in [-0.2, 0) is 17.1 Å². The average Bonchev–Trinajstić information content (AvgIpc) is 3.33. The van der Waals surface area contributed by atoms with Crippen LogP contribution >= 0.6 is 11.8 Å². The lowest BCUT2D eigenvalue weighted by Crippen LogP contribution is -2.37. The number of thioether (sulfide) groups is 1. The Labute approximate surface area is 140 Å². The summed E-state index contributed by atoms with van der Waals surface area (Å²) in [5.41, 5.74) is 1.91. The molecule has 1 aliphatic rings. The quantitative estimate of drug-likeness (QED) is 0.843. The van der Waals surface area contributed by atoms with E-state index in [1.165, 1.54) is 0 Å². The molecule has 23 heavy (non-hydrogen) atoms. The van der Waals surface area contributed by atoms with Crippen LogP contribution < -0.4 is 0 Å². The second-order valence-corrected chi connectivity index (χ2v) is 7.08. The van der Waals surface area contributed by atoms with Crippen molar-refractivity contribution in [1.29, 1.82) is 0 Å². The monoisotopic (exact) mass is 333 g/mol. The Hall–Kier alpha value is -1.53. The van der Waals surface area contributed by atoms with Crippen LogP contribution in [0, 0.1) is 5.92 Å². The number of aliphatic hydroxyl groups excluding tert-OH is 1. The number of para-hydroxylation sites is 2. The molecule has 1 atom stereocenters. The van der Waals surface area contributed by atoms with Crippen molar-refractivity contribution >= 4 is 28.7 Å². The highest BCUT2D eigenvalue weighted by atomic mass is 32.2. The van der Waals surface area contributed by atoms with E-state index in [1.54, 1.807) is 23.7 Å². The third kappa shape index (κ3) is 3.70. The number of nitrogens with zero attached hydrogens (tertiary/aromatic N) is 3. The van der Waals surface area contributed by atoms with E-state index in [9.17, 15) is 9.90 Å². The first-order valence-corrected chi connectivity index (χ1v) is 9.34. The third-order valence-corrected chi connectivity index (χ3v) is 4.90. The van der Waals surface area contributed by atoms with Gasteiger partial charge in [0.15, 0.2) is 0 Å².